The molecule has 1 saturated carbocycles. The third-order valence-electron chi connectivity index (χ3n) is 5.71. The van der Waals surface area contributed by atoms with Crippen LogP contribution in [0.5, 0.6) is 11.5 Å². The summed E-state index contributed by atoms with van der Waals surface area (Å²) in [5, 5.41) is 4.27. The number of thiocarbonyl (C=S) groups is 1. The largest absolute Gasteiger partial charge is 0.490 e. The molecule has 1 N–H and O–H groups in total. The highest BCUT2D eigenvalue weighted by Crippen LogP contribution is 2.31. The molecule has 0 radical (unpaired) electrons. The number of nitrogens with zero attached hydrogens (tertiary/aromatic N) is 1. The molecule has 1 aliphatic carbocycles. The first kappa shape index (κ1) is 22.6. The summed E-state index contributed by atoms with van der Waals surface area (Å²) in [4.78, 5) is 14.8. The monoisotopic (exact) mass is 470 g/mol. The van der Waals surface area contributed by atoms with E-state index in [0.717, 1.165) is 36.8 Å². The summed E-state index contributed by atoms with van der Waals surface area (Å²) >= 11 is 11.5. The van der Waals surface area contributed by atoms with E-state index in [9.17, 15) is 4.79 Å². The summed E-state index contributed by atoms with van der Waals surface area (Å²) < 4.78 is 11.8. The Morgan fingerprint density at radius 2 is 1.94 bits per heavy atom. The fraction of sp³-hybridized carbons (Fsp3) is 0.360. The lowest BCUT2D eigenvalue weighted by molar-refractivity contribution is -0.124. The number of ether oxygens (including phenoxy) is 2. The van der Waals surface area contributed by atoms with Crippen LogP contribution in [0.25, 0.3) is 6.08 Å². The quantitative estimate of drug-likeness (QED) is 0.415. The van der Waals surface area contributed by atoms with Gasteiger partial charge in [0.2, 0.25) is 0 Å². The number of carbonyl (C=O) groups excluding carboxylic acids is 1. The first-order chi connectivity index (χ1) is 15.5. The second-order valence-corrected chi connectivity index (χ2v) is 8.84. The minimum absolute atomic E-state index is 0.0545. The van der Waals surface area contributed by atoms with Crippen molar-refractivity contribution in [3.63, 3.8) is 0 Å². The Labute approximate surface area is 199 Å². The second-order valence-electron chi connectivity index (χ2n) is 8.01. The van der Waals surface area contributed by atoms with Crippen molar-refractivity contribution < 1.29 is 14.3 Å². The Hall–Kier alpha value is -2.57. The highest BCUT2D eigenvalue weighted by molar-refractivity contribution is 7.80. The molecule has 0 spiro atoms. The zero-order chi connectivity index (χ0) is 22.5. The van der Waals surface area contributed by atoms with Gasteiger partial charge < -0.3 is 14.8 Å². The Morgan fingerprint density at radius 1 is 1.12 bits per heavy atom. The molecule has 0 unspecified atom stereocenters. The average Bonchev–Trinajstić information content (AvgIpc) is 3.07. The summed E-state index contributed by atoms with van der Waals surface area (Å²) in [6.45, 7) is 2.81. The highest BCUT2D eigenvalue weighted by atomic mass is 35.5. The molecule has 2 aliphatic rings. The van der Waals surface area contributed by atoms with Gasteiger partial charge >= 0.3 is 0 Å². The number of hydrogen-bond donors (Lipinski definition) is 1. The van der Waals surface area contributed by atoms with Crippen LogP contribution in [0.15, 0.2) is 48.2 Å². The maximum absolute atomic E-state index is 13.0. The first-order valence-corrected chi connectivity index (χ1v) is 11.8. The lowest BCUT2D eigenvalue weighted by Gasteiger charge is -2.29. The molecule has 4 rings (SSSR count). The minimum atomic E-state index is -0.0545. The van der Waals surface area contributed by atoms with Crippen molar-refractivity contribution in [2.75, 3.05) is 6.61 Å². The van der Waals surface area contributed by atoms with Crippen LogP contribution in [-0.4, -0.2) is 28.6 Å². The number of nitrogens with one attached hydrogen (secondary N) is 1. The summed E-state index contributed by atoms with van der Waals surface area (Å²) in [5.74, 6) is 1.21. The third kappa shape index (κ3) is 5.25. The zero-order valence-corrected chi connectivity index (χ0v) is 19.7. The van der Waals surface area contributed by atoms with Crippen LogP contribution in [0, 0.1) is 0 Å². The lowest BCUT2D eigenvalue weighted by Crippen LogP contribution is -2.41. The molecule has 1 aliphatic heterocycles. The van der Waals surface area contributed by atoms with E-state index in [4.69, 9.17) is 33.3 Å². The smallest absolute Gasteiger partial charge is 0.276 e. The van der Waals surface area contributed by atoms with E-state index in [2.05, 4.69) is 5.32 Å². The molecule has 7 heteroatoms. The number of hydrogen-bond acceptors (Lipinski definition) is 4. The molecule has 0 atom stereocenters. The fourth-order valence-electron chi connectivity index (χ4n) is 4.18. The van der Waals surface area contributed by atoms with Gasteiger partial charge in [0.25, 0.3) is 5.91 Å². The maximum Gasteiger partial charge on any atom is 0.276 e. The van der Waals surface area contributed by atoms with Gasteiger partial charge in [0, 0.05) is 11.1 Å². The molecular weight excluding hydrogens is 444 g/mol. The maximum atomic E-state index is 13.0. The average molecular weight is 471 g/mol. The van der Waals surface area contributed by atoms with Crippen molar-refractivity contribution in [3.8, 4) is 11.5 Å². The predicted molar refractivity (Wildman–Crippen MR) is 131 cm³/mol. The molecule has 168 valence electrons. The number of benzene rings is 2. The Kier molecular flexibility index (Phi) is 7.33. The zero-order valence-electron chi connectivity index (χ0n) is 18.1. The topological polar surface area (TPSA) is 50.8 Å². The van der Waals surface area contributed by atoms with Crippen LogP contribution >= 0.6 is 23.8 Å². The van der Waals surface area contributed by atoms with Crippen LogP contribution in [0.4, 0.5) is 0 Å². The Bertz CT molecular complexity index is 1030. The fourth-order valence-corrected chi connectivity index (χ4v) is 4.73. The number of halogens is 1. The summed E-state index contributed by atoms with van der Waals surface area (Å²) in [6, 6.07) is 13.4. The van der Waals surface area contributed by atoms with Gasteiger partial charge in [-0.2, -0.15) is 0 Å². The summed E-state index contributed by atoms with van der Waals surface area (Å²) in [5.41, 5.74) is 2.31. The van der Waals surface area contributed by atoms with Gasteiger partial charge in [0.15, 0.2) is 16.6 Å². The molecular formula is C25H27ClN2O3S. The van der Waals surface area contributed by atoms with Gasteiger partial charge in [0.1, 0.15) is 12.3 Å². The molecule has 32 heavy (non-hydrogen) atoms. The van der Waals surface area contributed by atoms with E-state index in [1.54, 1.807) is 4.90 Å². The van der Waals surface area contributed by atoms with Gasteiger partial charge in [-0.15, -0.1) is 0 Å². The molecule has 1 amide bonds. The van der Waals surface area contributed by atoms with Gasteiger partial charge in [-0.25, -0.2) is 0 Å². The molecule has 5 nitrogen and oxygen atoms in total. The van der Waals surface area contributed by atoms with E-state index in [0.29, 0.717) is 40.5 Å². The normalized spacial score (nSPS) is 18.2. The summed E-state index contributed by atoms with van der Waals surface area (Å²) in [6.07, 6.45) is 7.35. The van der Waals surface area contributed by atoms with E-state index < -0.39 is 0 Å². The Balaban J connectivity index is 1.51. The molecule has 2 aromatic rings. The molecule has 0 bridgehead atoms. The first-order valence-electron chi connectivity index (χ1n) is 11.1. The van der Waals surface area contributed by atoms with Crippen molar-refractivity contribution in [1.82, 2.24) is 10.2 Å². The molecule has 2 fully saturated rings. The van der Waals surface area contributed by atoms with Crippen molar-refractivity contribution in [2.45, 2.75) is 51.7 Å². The van der Waals surface area contributed by atoms with Crippen LogP contribution in [0.2, 0.25) is 5.02 Å². The minimum Gasteiger partial charge on any atom is -0.490 e. The standard InChI is InChI=1S/C25H27ClN2O3S/c1-2-30-23-15-17(11-12-22(23)31-16-18-7-6-8-19(26)13-18)14-21-24(29)28(25(32)27-21)20-9-4-3-5-10-20/h6-8,11-15,20H,2-5,9-10,16H2,1H3,(H,27,32). The third-order valence-corrected chi connectivity index (χ3v) is 6.25. The van der Waals surface area contributed by atoms with Gasteiger partial charge in [-0.3, -0.25) is 9.69 Å². The van der Waals surface area contributed by atoms with Crippen molar-refractivity contribution in [3.05, 3.63) is 64.3 Å². The molecule has 2 aromatic carbocycles. The number of carbonyl (C=O) groups is 1. The van der Waals surface area contributed by atoms with E-state index >= 15 is 0 Å². The molecule has 1 saturated heterocycles. The van der Waals surface area contributed by atoms with Crippen LogP contribution < -0.4 is 14.8 Å². The highest BCUT2D eigenvalue weighted by Gasteiger charge is 2.36. The van der Waals surface area contributed by atoms with Crippen molar-refractivity contribution in [2.24, 2.45) is 0 Å². The number of rotatable bonds is 7. The Morgan fingerprint density at radius 3 is 2.69 bits per heavy atom. The van der Waals surface area contributed by atoms with Crippen LogP contribution in [0.3, 0.4) is 0 Å². The molecule has 0 aromatic heterocycles. The summed E-state index contributed by atoms with van der Waals surface area (Å²) in [7, 11) is 0. The van der Waals surface area contributed by atoms with Crippen molar-refractivity contribution >= 4 is 40.9 Å². The van der Waals surface area contributed by atoms with Crippen molar-refractivity contribution in [1.29, 1.82) is 0 Å². The predicted octanol–water partition coefficient (Wildman–Crippen LogP) is 5.71. The van der Waals surface area contributed by atoms with Crippen LogP contribution in [-0.2, 0) is 11.4 Å². The van der Waals surface area contributed by atoms with E-state index in [1.807, 2.05) is 55.5 Å². The lowest BCUT2D eigenvalue weighted by atomic mass is 9.94. The van der Waals surface area contributed by atoms with E-state index in [-0.39, 0.29) is 11.9 Å². The second kappa shape index (κ2) is 10.4. The number of amides is 1. The van der Waals surface area contributed by atoms with Gasteiger partial charge in [0.05, 0.1) is 6.61 Å². The van der Waals surface area contributed by atoms with Gasteiger partial charge in [-0.05, 0) is 73.5 Å². The van der Waals surface area contributed by atoms with E-state index in [1.165, 1.54) is 6.42 Å². The SMILES string of the molecule is CCOc1cc(C=C2NC(=S)N(C3CCCCC3)C2=O)ccc1OCc1cccc(Cl)c1. The molecule has 1 heterocycles. The van der Waals surface area contributed by atoms with Gasteiger partial charge in [-0.1, -0.05) is 49.1 Å². The van der Waals surface area contributed by atoms with Crippen LogP contribution in [0.1, 0.15) is 50.2 Å².